The van der Waals surface area contributed by atoms with E-state index in [0.717, 1.165) is 12.1 Å². The Hall–Kier alpha value is -2.51. The first-order valence-electron chi connectivity index (χ1n) is 7.38. The summed E-state index contributed by atoms with van der Waals surface area (Å²) in [7, 11) is 0. The summed E-state index contributed by atoms with van der Waals surface area (Å²) in [6.07, 6.45) is 0.190. The second-order valence-corrected chi connectivity index (χ2v) is 5.71. The van der Waals surface area contributed by atoms with Crippen LogP contribution in [0.25, 0.3) is 0 Å². The van der Waals surface area contributed by atoms with Gasteiger partial charge in [0.15, 0.2) is 0 Å². The van der Waals surface area contributed by atoms with Crippen LogP contribution in [-0.4, -0.2) is 35.5 Å². The molecule has 3 N–H and O–H groups in total. The molecule has 6 nitrogen and oxygen atoms in total. The first-order chi connectivity index (χ1) is 11.1. The largest absolute Gasteiger partial charge is 0.480 e. The summed E-state index contributed by atoms with van der Waals surface area (Å²) in [6.45, 7) is 2.83. The number of carbonyl (C=O) groups excluding carboxylic acids is 2. The van der Waals surface area contributed by atoms with Gasteiger partial charge in [-0.15, -0.1) is 0 Å². The molecule has 0 heterocycles. The van der Waals surface area contributed by atoms with E-state index in [1.165, 1.54) is 18.2 Å². The predicted octanol–water partition coefficient (Wildman–Crippen LogP) is 1.51. The number of hydrogen-bond acceptors (Lipinski definition) is 3. The SMILES string of the molecule is CC(C)C[C@H](NC(=O)CNC(=O)C(F)(F)c1ccccc1)C(=O)O. The molecular weight excluding hydrogens is 322 g/mol. The number of alkyl halides is 2. The summed E-state index contributed by atoms with van der Waals surface area (Å²) >= 11 is 0. The van der Waals surface area contributed by atoms with Gasteiger partial charge in [0.05, 0.1) is 6.54 Å². The first-order valence-corrected chi connectivity index (χ1v) is 7.38. The molecule has 0 saturated heterocycles. The Labute approximate surface area is 138 Å². The number of halogens is 2. The predicted molar refractivity (Wildman–Crippen MR) is 82.4 cm³/mol. The molecule has 8 heteroatoms. The molecule has 1 rings (SSSR count). The molecule has 0 bridgehead atoms. The molecule has 0 radical (unpaired) electrons. The van der Waals surface area contributed by atoms with E-state index in [9.17, 15) is 23.2 Å². The van der Waals surface area contributed by atoms with Gasteiger partial charge in [0.25, 0.3) is 5.91 Å². The second kappa shape index (κ2) is 8.37. The fraction of sp³-hybridized carbons (Fsp3) is 0.438. The van der Waals surface area contributed by atoms with Crippen LogP contribution in [0.1, 0.15) is 25.8 Å². The number of carbonyl (C=O) groups is 3. The maximum Gasteiger partial charge on any atom is 0.349 e. The number of carboxylic acids is 1. The lowest BCUT2D eigenvalue weighted by Gasteiger charge is -2.18. The van der Waals surface area contributed by atoms with Crippen LogP contribution in [0.5, 0.6) is 0 Å². The summed E-state index contributed by atoms with van der Waals surface area (Å²) in [5.41, 5.74) is -0.494. The number of benzene rings is 1. The van der Waals surface area contributed by atoms with E-state index in [2.05, 4.69) is 5.32 Å². The topological polar surface area (TPSA) is 95.5 Å². The van der Waals surface area contributed by atoms with Gasteiger partial charge in [-0.25, -0.2) is 4.79 Å². The Kier molecular flexibility index (Phi) is 6.82. The average Bonchev–Trinajstić information content (AvgIpc) is 2.52. The molecule has 0 unspecified atom stereocenters. The van der Waals surface area contributed by atoms with Gasteiger partial charge in [0.2, 0.25) is 5.91 Å². The highest BCUT2D eigenvalue weighted by atomic mass is 19.3. The van der Waals surface area contributed by atoms with Gasteiger partial charge in [-0.05, 0) is 12.3 Å². The van der Waals surface area contributed by atoms with Crippen molar-refractivity contribution >= 4 is 17.8 Å². The fourth-order valence-electron chi connectivity index (χ4n) is 1.99. The highest BCUT2D eigenvalue weighted by Crippen LogP contribution is 2.27. The fourth-order valence-corrected chi connectivity index (χ4v) is 1.99. The Morgan fingerprint density at radius 3 is 2.25 bits per heavy atom. The molecule has 1 aromatic rings. The lowest BCUT2D eigenvalue weighted by atomic mass is 10.0. The normalized spacial score (nSPS) is 12.5. The summed E-state index contributed by atoms with van der Waals surface area (Å²) in [6, 6.07) is 5.33. The molecule has 0 aromatic heterocycles. The molecule has 0 aliphatic carbocycles. The van der Waals surface area contributed by atoms with Crippen LogP contribution in [0.15, 0.2) is 30.3 Å². The van der Waals surface area contributed by atoms with E-state index < -0.39 is 41.9 Å². The lowest BCUT2D eigenvalue weighted by molar-refractivity contribution is -0.148. The van der Waals surface area contributed by atoms with Crippen LogP contribution in [0.3, 0.4) is 0 Å². The molecule has 0 aliphatic heterocycles. The van der Waals surface area contributed by atoms with Crippen LogP contribution in [0.4, 0.5) is 8.78 Å². The molecule has 0 fully saturated rings. The molecular formula is C16H20F2N2O4. The van der Waals surface area contributed by atoms with Gasteiger partial charge < -0.3 is 15.7 Å². The average molecular weight is 342 g/mol. The Morgan fingerprint density at radius 1 is 1.17 bits per heavy atom. The Morgan fingerprint density at radius 2 is 1.75 bits per heavy atom. The van der Waals surface area contributed by atoms with Crippen molar-refractivity contribution in [1.29, 1.82) is 0 Å². The number of hydrogen-bond donors (Lipinski definition) is 3. The van der Waals surface area contributed by atoms with Crippen molar-refractivity contribution < 1.29 is 28.3 Å². The maximum atomic E-state index is 13.9. The summed E-state index contributed by atoms with van der Waals surface area (Å²) < 4.78 is 27.8. The molecule has 1 atom stereocenters. The van der Waals surface area contributed by atoms with E-state index in [1.807, 2.05) is 5.32 Å². The monoisotopic (exact) mass is 342 g/mol. The van der Waals surface area contributed by atoms with Crippen LogP contribution in [0.2, 0.25) is 0 Å². The first kappa shape index (κ1) is 19.5. The second-order valence-electron chi connectivity index (χ2n) is 5.71. The maximum absolute atomic E-state index is 13.9. The van der Waals surface area contributed by atoms with Crippen LogP contribution >= 0.6 is 0 Å². The van der Waals surface area contributed by atoms with Gasteiger partial charge in [0, 0.05) is 5.56 Å². The lowest BCUT2D eigenvalue weighted by Crippen LogP contribution is -2.48. The zero-order valence-electron chi connectivity index (χ0n) is 13.4. The molecule has 24 heavy (non-hydrogen) atoms. The van der Waals surface area contributed by atoms with E-state index in [-0.39, 0.29) is 12.3 Å². The summed E-state index contributed by atoms with van der Waals surface area (Å²) in [5, 5.41) is 13.0. The van der Waals surface area contributed by atoms with Crippen molar-refractivity contribution in [1.82, 2.24) is 10.6 Å². The minimum absolute atomic E-state index is 0.0170. The van der Waals surface area contributed by atoms with Crippen molar-refractivity contribution in [2.24, 2.45) is 5.92 Å². The molecule has 0 aliphatic rings. The van der Waals surface area contributed by atoms with Crippen molar-refractivity contribution in [3.05, 3.63) is 35.9 Å². The number of rotatable bonds is 8. The molecule has 132 valence electrons. The Bertz CT molecular complexity index is 591. The smallest absolute Gasteiger partial charge is 0.349 e. The molecule has 0 saturated carbocycles. The number of aliphatic carboxylic acids is 1. The van der Waals surface area contributed by atoms with Gasteiger partial charge in [-0.3, -0.25) is 9.59 Å². The zero-order chi connectivity index (χ0) is 18.3. The van der Waals surface area contributed by atoms with Crippen molar-refractivity contribution in [2.45, 2.75) is 32.2 Å². The number of amides is 2. The molecule has 0 spiro atoms. The standard InChI is InChI=1S/C16H20F2N2O4/c1-10(2)8-12(14(22)23)20-13(21)9-19-15(24)16(17,18)11-6-4-3-5-7-11/h3-7,10,12H,8-9H2,1-2H3,(H,19,24)(H,20,21)(H,22,23)/t12-/m0/s1. The quantitative estimate of drug-likeness (QED) is 0.667. The van der Waals surface area contributed by atoms with Gasteiger partial charge >= 0.3 is 11.9 Å². The minimum Gasteiger partial charge on any atom is -0.480 e. The van der Waals surface area contributed by atoms with Crippen LogP contribution in [-0.2, 0) is 20.3 Å². The van der Waals surface area contributed by atoms with Crippen LogP contribution in [0, 0.1) is 5.92 Å². The number of carboxylic acid groups (broad SMARTS) is 1. The minimum atomic E-state index is -3.79. The van der Waals surface area contributed by atoms with Crippen molar-refractivity contribution in [3.8, 4) is 0 Å². The van der Waals surface area contributed by atoms with E-state index in [1.54, 1.807) is 13.8 Å². The number of nitrogens with one attached hydrogen (secondary N) is 2. The third-order valence-electron chi connectivity index (χ3n) is 3.17. The third kappa shape index (κ3) is 5.60. The van der Waals surface area contributed by atoms with Gasteiger partial charge in [-0.2, -0.15) is 8.78 Å². The summed E-state index contributed by atoms with van der Waals surface area (Å²) in [4.78, 5) is 34.3. The van der Waals surface area contributed by atoms with Gasteiger partial charge in [0.1, 0.15) is 6.04 Å². The van der Waals surface area contributed by atoms with E-state index in [0.29, 0.717) is 0 Å². The van der Waals surface area contributed by atoms with Crippen LogP contribution < -0.4 is 10.6 Å². The highest BCUT2D eigenvalue weighted by molar-refractivity contribution is 5.90. The van der Waals surface area contributed by atoms with E-state index in [4.69, 9.17) is 5.11 Å². The zero-order valence-corrected chi connectivity index (χ0v) is 13.4. The van der Waals surface area contributed by atoms with E-state index >= 15 is 0 Å². The van der Waals surface area contributed by atoms with Crippen molar-refractivity contribution in [2.75, 3.05) is 6.54 Å². The molecule has 1 aromatic carbocycles. The molecule has 2 amide bonds. The highest BCUT2D eigenvalue weighted by Gasteiger charge is 2.40. The van der Waals surface area contributed by atoms with Crippen molar-refractivity contribution in [3.63, 3.8) is 0 Å². The Balaban J connectivity index is 2.60. The summed E-state index contributed by atoms with van der Waals surface area (Å²) in [5.74, 6) is -7.47. The third-order valence-corrected chi connectivity index (χ3v) is 3.17. The van der Waals surface area contributed by atoms with Gasteiger partial charge in [-0.1, -0.05) is 44.2 Å².